The number of hydrogen-bond acceptors (Lipinski definition) is 0. The van der Waals surface area contributed by atoms with E-state index < -0.39 is 0 Å². The van der Waals surface area contributed by atoms with Crippen molar-refractivity contribution in [1.29, 1.82) is 0 Å². The summed E-state index contributed by atoms with van der Waals surface area (Å²) < 4.78 is 0. The average Bonchev–Trinajstić information content (AvgIpc) is 2.62. The van der Waals surface area contributed by atoms with E-state index in [1.165, 1.54) is 22.3 Å². The molecule has 0 N–H and O–H groups in total. The largest absolute Gasteiger partial charge is 0.0836 e. The highest BCUT2D eigenvalue weighted by Gasteiger charge is 2.11. The van der Waals surface area contributed by atoms with Crippen LogP contribution in [0.3, 0.4) is 0 Å². The summed E-state index contributed by atoms with van der Waals surface area (Å²) in [6.45, 7) is 0. The van der Waals surface area contributed by atoms with Gasteiger partial charge in [0.1, 0.15) is 0 Å². The molecular formula is C16H14. The van der Waals surface area contributed by atoms with Gasteiger partial charge in [0.2, 0.25) is 0 Å². The Bertz CT molecular complexity index is 525. The maximum atomic E-state index is 2.36. The first kappa shape index (κ1) is 9.41. The number of allylic oxidation sites excluding steroid dienone is 7. The summed E-state index contributed by atoms with van der Waals surface area (Å²) in [7, 11) is 0. The van der Waals surface area contributed by atoms with Crippen LogP contribution in [0.2, 0.25) is 0 Å². The van der Waals surface area contributed by atoms with Crippen LogP contribution >= 0.6 is 0 Å². The van der Waals surface area contributed by atoms with Gasteiger partial charge >= 0.3 is 0 Å². The Labute approximate surface area is 96.3 Å². The van der Waals surface area contributed by atoms with Crippen molar-refractivity contribution < 1.29 is 0 Å². The normalized spacial score (nSPS) is 17.8. The van der Waals surface area contributed by atoms with E-state index in [1.807, 2.05) is 0 Å². The van der Waals surface area contributed by atoms with E-state index in [0.717, 1.165) is 12.8 Å². The van der Waals surface area contributed by atoms with Crippen LogP contribution in [0.25, 0.3) is 11.6 Å². The summed E-state index contributed by atoms with van der Waals surface area (Å²) in [4.78, 5) is 0. The summed E-state index contributed by atoms with van der Waals surface area (Å²) in [5.41, 5.74) is 5.39. The second kappa shape index (κ2) is 3.97. The van der Waals surface area contributed by atoms with Crippen molar-refractivity contribution in [2.24, 2.45) is 0 Å². The number of hydrogen-bond donors (Lipinski definition) is 0. The standard InChI is InChI=1S/C16H14/c1-2-7-13-9-6-10-14-8-4-5-12-16(14)15(13)11-3-1/h2,4-12H,1,3H2. The average molecular weight is 206 g/mol. The molecule has 2 aliphatic carbocycles. The molecule has 2 aliphatic rings. The quantitative estimate of drug-likeness (QED) is 0.591. The molecule has 0 atom stereocenters. The summed E-state index contributed by atoms with van der Waals surface area (Å²) in [6.07, 6.45) is 15.7. The van der Waals surface area contributed by atoms with Gasteiger partial charge in [-0.05, 0) is 35.1 Å². The Morgan fingerprint density at radius 2 is 1.88 bits per heavy atom. The molecule has 0 heteroatoms. The predicted molar refractivity (Wildman–Crippen MR) is 69.9 cm³/mol. The van der Waals surface area contributed by atoms with Crippen LogP contribution in [0.1, 0.15) is 24.0 Å². The van der Waals surface area contributed by atoms with Crippen molar-refractivity contribution in [2.45, 2.75) is 12.8 Å². The van der Waals surface area contributed by atoms with Gasteiger partial charge in [0, 0.05) is 0 Å². The molecule has 1 aromatic rings. The van der Waals surface area contributed by atoms with E-state index in [9.17, 15) is 0 Å². The topological polar surface area (TPSA) is 0 Å². The van der Waals surface area contributed by atoms with E-state index in [4.69, 9.17) is 0 Å². The Kier molecular flexibility index (Phi) is 2.34. The van der Waals surface area contributed by atoms with E-state index >= 15 is 0 Å². The minimum absolute atomic E-state index is 1.14. The Balaban J connectivity index is 2.23. The third-order valence-electron chi connectivity index (χ3n) is 3.09. The molecule has 78 valence electrons. The first-order chi connectivity index (χ1) is 7.95. The van der Waals surface area contributed by atoms with E-state index in [0.29, 0.717) is 0 Å². The third kappa shape index (κ3) is 1.57. The number of rotatable bonds is 0. The van der Waals surface area contributed by atoms with Gasteiger partial charge in [0.25, 0.3) is 0 Å². The van der Waals surface area contributed by atoms with Crippen LogP contribution in [-0.2, 0) is 0 Å². The molecule has 0 bridgehead atoms. The zero-order valence-corrected chi connectivity index (χ0v) is 9.19. The van der Waals surface area contributed by atoms with Gasteiger partial charge in [-0.25, -0.2) is 0 Å². The zero-order chi connectivity index (χ0) is 10.8. The van der Waals surface area contributed by atoms with Gasteiger partial charge < -0.3 is 0 Å². The third-order valence-corrected chi connectivity index (χ3v) is 3.09. The van der Waals surface area contributed by atoms with Gasteiger partial charge in [-0.3, -0.25) is 0 Å². The molecule has 0 radical (unpaired) electrons. The van der Waals surface area contributed by atoms with Crippen molar-refractivity contribution in [3.63, 3.8) is 0 Å². The molecule has 0 nitrogen and oxygen atoms in total. The van der Waals surface area contributed by atoms with Crippen LogP contribution in [0, 0.1) is 0 Å². The summed E-state index contributed by atoms with van der Waals surface area (Å²) in [5.74, 6) is 0. The Morgan fingerprint density at radius 3 is 2.88 bits per heavy atom. The Hall–Kier alpha value is -1.82. The Morgan fingerprint density at radius 1 is 0.938 bits per heavy atom. The second-order valence-corrected chi connectivity index (χ2v) is 4.17. The van der Waals surface area contributed by atoms with Gasteiger partial charge in [-0.2, -0.15) is 0 Å². The maximum Gasteiger partial charge on any atom is -0.0109 e. The summed E-state index contributed by atoms with van der Waals surface area (Å²) >= 11 is 0. The zero-order valence-electron chi connectivity index (χ0n) is 9.19. The first-order valence-electron chi connectivity index (χ1n) is 5.80. The van der Waals surface area contributed by atoms with Crippen molar-refractivity contribution in [3.8, 4) is 0 Å². The predicted octanol–water partition coefficient (Wildman–Crippen LogP) is 4.37. The fourth-order valence-corrected chi connectivity index (χ4v) is 2.30. The molecule has 0 unspecified atom stereocenters. The molecule has 0 saturated carbocycles. The van der Waals surface area contributed by atoms with Crippen LogP contribution in [-0.4, -0.2) is 0 Å². The van der Waals surface area contributed by atoms with Crippen LogP contribution < -0.4 is 0 Å². The lowest BCUT2D eigenvalue weighted by molar-refractivity contribution is 1.06. The SMILES string of the molecule is C1=Cc2ccccc2C2=CCCC=CC2=C1. The molecule has 0 aliphatic heterocycles. The fourth-order valence-electron chi connectivity index (χ4n) is 2.30. The van der Waals surface area contributed by atoms with Gasteiger partial charge in [0.15, 0.2) is 0 Å². The molecule has 1 aromatic carbocycles. The minimum Gasteiger partial charge on any atom is -0.0836 e. The molecule has 16 heavy (non-hydrogen) atoms. The maximum absolute atomic E-state index is 2.36. The summed E-state index contributed by atoms with van der Waals surface area (Å²) in [6, 6.07) is 8.61. The van der Waals surface area contributed by atoms with Crippen molar-refractivity contribution in [3.05, 3.63) is 71.3 Å². The molecule has 3 rings (SSSR count). The van der Waals surface area contributed by atoms with E-state index in [-0.39, 0.29) is 0 Å². The molecule has 0 saturated heterocycles. The highest BCUT2D eigenvalue weighted by molar-refractivity contribution is 5.88. The lowest BCUT2D eigenvalue weighted by atomic mass is 9.95. The van der Waals surface area contributed by atoms with E-state index in [1.54, 1.807) is 0 Å². The van der Waals surface area contributed by atoms with Crippen LogP contribution in [0.5, 0.6) is 0 Å². The highest BCUT2D eigenvalue weighted by atomic mass is 14.2. The van der Waals surface area contributed by atoms with Crippen LogP contribution in [0.4, 0.5) is 0 Å². The van der Waals surface area contributed by atoms with Gasteiger partial charge in [-0.1, -0.05) is 60.7 Å². The second-order valence-electron chi connectivity index (χ2n) is 4.17. The van der Waals surface area contributed by atoms with E-state index in [2.05, 4.69) is 60.7 Å². The lowest BCUT2D eigenvalue weighted by Gasteiger charge is -2.09. The molecule has 0 heterocycles. The molecule has 0 fully saturated rings. The van der Waals surface area contributed by atoms with Crippen molar-refractivity contribution in [1.82, 2.24) is 0 Å². The lowest BCUT2D eigenvalue weighted by Crippen LogP contribution is -1.89. The molecule has 0 amide bonds. The first-order valence-corrected chi connectivity index (χ1v) is 5.80. The monoisotopic (exact) mass is 206 g/mol. The van der Waals surface area contributed by atoms with Crippen molar-refractivity contribution >= 4 is 11.6 Å². The minimum atomic E-state index is 1.14. The summed E-state index contributed by atoms with van der Waals surface area (Å²) in [5, 5.41) is 0. The molecule has 0 spiro atoms. The smallest absolute Gasteiger partial charge is 0.0109 e. The number of fused-ring (bicyclic) bond motifs is 3. The highest BCUT2D eigenvalue weighted by Crippen LogP contribution is 2.32. The van der Waals surface area contributed by atoms with Crippen molar-refractivity contribution in [2.75, 3.05) is 0 Å². The van der Waals surface area contributed by atoms with Crippen LogP contribution in [0.15, 0.2) is 60.2 Å². The van der Waals surface area contributed by atoms with Gasteiger partial charge in [-0.15, -0.1) is 0 Å². The molecular weight excluding hydrogens is 192 g/mol. The fraction of sp³-hybridized carbons (Fsp3) is 0.125. The molecule has 0 aromatic heterocycles. The van der Waals surface area contributed by atoms with Gasteiger partial charge in [0.05, 0.1) is 0 Å². The number of benzene rings is 1.